The van der Waals surface area contributed by atoms with E-state index in [-0.39, 0.29) is 5.56 Å². The zero-order valence-electron chi connectivity index (χ0n) is 9.35. The summed E-state index contributed by atoms with van der Waals surface area (Å²) in [6.07, 6.45) is 1.64. The Bertz CT molecular complexity index is 580. The lowest BCUT2D eigenvalue weighted by molar-refractivity contribution is 0.639. The van der Waals surface area contributed by atoms with Gasteiger partial charge in [-0.1, -0.05) is 28.1 Å². The molecule has 1 aromatic heterocycles. The predicted octanol–water partition coefficient (Wildman–Crippen LogP) is 2.10. The van der Waals surface area contributed by atoms with Gasteiger partial charge in [0.15, 0.2) is 0 Å². The molecule has 0 bridgehead atoms. The minimum Gasteiger partial charge on any atom is -0.387 e. The Morgan fingerprint density at radius 3 is 2.88 bits per heavy atom. The fourth-order valence-electron chi connectivity index (χ4n) is 1.50. The Kier molecular flexibility index (Phi) is 3.58. The van der Waals surface area contributed by atoms with E-state index in [4.69, 9.17) is 0 Å². The SMILES string of the molecule is CNc1cnn(Cc2cccc(Br)c2)c(=O)c1. The molecule has 0 fully saturated rings. The zero-order valence-corrected chi connectivity index (χ0v) is 10.9. The average molecular weight is 294 g/mol. The van der Waals surface area contributed by atoms with Crippen molar-refractivity contribution in [2.45, 2.75) is 6.54 Å². The second-order valence-corrected chi connectivity index (χ2v) is 4.54. The number of anilines is 1. The van der Waals surface area contributed by atoms with Gasteiger partial charge in [-0.3, -0.25) is 4.79 Å². The van der Waals surface area contributed by atoms with Gasteiger partial charge in [0.2, 0.25) is 0 Å². The maximum absolute atomic E-state index is 11.7. The molecule has 1 N–H and O–H groups in total. The van der Waals surface area contributed by atoms with Gasteiger partial charge in [0.1, 0.15) is 0 Å². The molecule has 0 saturated carbocycles. The zero-order chi connectivity index (χ0) is 12.3. The van der Waals surface area contributed by atoms with Crippen LogP contribution < -0.4 is 10.9 Å². The van der Waals surface area contributed by atoms with E-state index in [1.807, 2.05) is 24.3 Å². The highest BCUT2D eigenvalue weighted by atomic mass is 79.9. The lowest BCUT2D eigenvalue weighted by Gasteiger charge is -2.06. The van der Waals surface area contributed by atoms with Gasteiger partial charge in [0.05, 0.1) is 18.4 Å². The van der Waals surface area contributed by atoms with E-state index in [0.717, 1.165) is 15.7 Å². The van der Waals surface area contributed by atoms with E-state index in [2.05, 4.69) is 26.3 Å². The summed E-state index contributed by atoms with van der Waals surface area (Å²) >= 11 is 3.40. The van der Waals surface area contributed by atoms with Gasteiger partial charge < -0.3 is 5.32 Å². The second-order valence-electron chi connectivity index (χ2n) is 3.62. The number of benzene rings is 1. The Morgan fingerprint density at radius 2 is 2.24 bits per heavy atom. The van der Waals surface area contributed by atoms with Gasteiger partial charge in [0, 0.05) is 17.6 Å². The Labute approximate surface area is 107 Å². The molecule has 2 aromatic rings. The number of nitrogens with one attached hydrogen (secondary N) is 1. The smallest absolute Gasteiger partial charge is 0.269 e. The molecule has 88 valence electrons. The van der Waals surface area contributed by atoms with Gasteiger partial charge in [-0.25, -0.2) is 4.68 Å². The molecule has 0 spiro atoms. The van der Waals surface area contributed by atoms with Crippen molar-refractivity contribution >= 4 is 21.6 Å². The molecule has 0 aliphatic heterocycles. The topological polar surface area (TPSA) is 46.9 Å². The first kappa shape index (κ1) is 11.9. The van der Waals surface area contributed by atoms with E-state index in [0.29, 0.717) is 6.54 Å². The lowest BCUT2D eigenvalue weighted by atomic mass is 10.2. The summed E-state index contributed by atoms with van der Waals surface area (Å²) in [7, 11) is 1.76. The summed E-state index contributed by atoms with van der Waals surface area (Å²) in [6, 6.07) is 9.35. The third kappa shape index (κ3) is 2.94. The van der Waals surface area contributed by atoms with E-state index >= 15 is 0 Å². The molecule has 0 saturated heterocycles. The highest BCUT2D eigenvalue weighted by molar-refractivity contribution is 9.10. The van der Waals surface area contributed by atoms with Gasteiger partial charge in [-0.2, -0.15) is 5.10 Å². The fraction of sp³-hybridized carbons (Fsp3) is 0.167. The van der Waals surface area contributed by atoms with Crippen molar-refractivity contribution < 1.29 is 0 Å². The van der Waals surface area contributed by atoms with Crippen molar-refractivity contribution in [1.82, 2.24) is 9.78 Å². The molecule has 5 heteroatoms. The van der Waals surface area contributed by atoms with E-state index in [9.17, 15) is 4.79 Å². The number of hydrogen-bond acceptors (Lipinski definition) is 3. The standard InChI is InChI=1S/C12H12BrN3O/c1-14-11-6-12(17)16(15-7-11)8-9-3-2-4-10(13)5-9/h2-7,14H,8H2,1H3. The van der Waals surface area contributed by atoms with Crippen LogP contribution in [-0.4, -0.2) is 16.8 Å². The number of aromatic nitrogens is 2. The molecule has 4 nitrogen and oxygen atoms in total. The third-order valence-electron chi connectivity index (χ3n) is 2.38. The van der Waals surface area contributed by atoms with Crippen LogP contribution >= 0.6 is 15.9 Å². The molecular weight excluding hydrogens is 282 g/mol. The van der Waals surface area contributed by atoms with Gasteiger partial charge in [0.25, 0.3) is 5.56 Å². The van der Waals surface area contributed by atoms with Crippen LogP contribution in [0, 0.1) is 0 Å². The Hall–Kier alpha value is -1.62. The first-order valence-corrected chi connectivity index (χ1v) is 5.98. The monoisotopic (exact) mass is 293 g/mol. The van der Waals surface area contributed by atoms with Crippen molar-refractivity contribution in [3.8, 4) is 0 Å². The minimum absolute atomic E-state index is 0.114. The van der Waals surface area contributed by atoms with Crippen LogP contribution in [0.5, 0.6) is 0 Å². The first-order chi connectivity index (χ1) is 8.19. The highest BCUT2D eigenvalue weighted by Crippen LogP contribution is 2.12. The average Bonchev–Trinajstić information content (AvgIpc) is 2.32. The normalized spacial score (nSPS) is 10.2. The number of hydrogen-bond donors (Lipinski definition) is 1. The molecule has 0 aliphatic rings. The van der Waals surface area contributed by atoms with E-state index in [1.54, 1.807) is 13.2 Å². The van der Waals surface area contributed by atoms with Crippen LogP contribution in [0.1, 0.15) is 5.56 Å². The van der Waals surface area contributed by atoms with Crippen molar-refractivity contribution in [2.24, 2.45) is 0 Å². The summed E-state index contributed by atoms with van der Waals surface area (Å²) < 4.78 is 2.43. The number of halogens is 1. The van der Waals surface area contributed by atoms with Gasteiger partial charge in [-0.15, -0.1) is 0 Å². The summed E-state index contributed by atoms with van der Waals surface area (Å²) in [6.45, 7) is 0.474. The molecule has 0 amide bonds. The van der Waals surface area contributed by atoms with Crippen LogP contribution in [-0.2, 0) is 6.54 Å². The second kappa shape index (κ2) is 5.14. The maximum atomic E-state index is 11.7. The fourth-order valence-corrected chi connectivity index (χ4v) is 1.94. The quantitative estimate of drug-likeness (QED) is 0.943. The molecule has 0 radical (unpaired) electrons. The predicted molar refractivity (Wildman–Crippen MR) is 71.3 cm³/mol. The molecule has 0 atom stereocenters. The minimum atomic E-state index is -0.114. The van der Waals surface area contributed by atoms with Crippen LogP contribution in [0.15, 0.2) is 45.8 Å². The van der Waals surface area contributed by atoms with Crippen molar-refractivity contribution in [3.63, 3.8) is 0 Å². The van der Waals surface area contributed by atoms with Crippen molar-refractivity contribution in [3.05, 3.63) is 56.9 Å². The molecule has 0 unspecified atom stereocenters. The van der Waals surface area contributed by atoms with Crippen LogP contribution in [0.25, 0.3) is 0 Å². The van der Waals surface area contributed by atoms with E-state index in [1.165, 1.54) is 10.7 Å². The molecule has 2 rings (SSSR count). The molecule has 1 heterocycles. The summed E-state index contributed by atoms with van der Waals surface area (Å²) in [5, 5.41) is 6.99. The molecular formula is C12H12BrN3O. The third-order valence-corrected chi connectivity index (χ3v) is 2.87. The van der Waals surface area contributed by atoms with Crippen LogP contribution in [0.4, 0.5) is 5.69 Å². The molecule has 17 heavy (non-hydrogen) atoms. The lowest BCUT2D eigenvalue weighted by Crippen LogP contribution is -2.22. The highest BCUT2D eigenvalue weighted by Gasteiger charge is 2.01. The first-order valence-electron chi connectivity index (χ1n) is 5.18. The summed E-state index contributed by atoms with van der Waals surface area (Å²) in [5.74, 6) is 0. The van der Waals surface area contributed by atoms with Crippen LogP contribution in [0.3, 0.4) is 0 Å². The largest absolute Gasteiger partial charge is 0.387 e. The van der Waals surface area contributed by atoms with Crippen molar-refractivity contribution in [1.29, 1.82) is 0 Å². The van der Waals surface area contributed by atoms with Crippen LogP contribution in [0.2, 0.25) is 0 Å². The summed E-state index contributed by atoms with van der Waals surface area (Å²) in [4.78, 5) is 11.7. The molecule has 0 aliphatic carbocycles. The molecule has 1 aromatic carbocycles. The van der Waals surface area contributed by atoms with Gasteiger partial charge >= 0.3 is 0 Å². The number of nitrogens with zero attached hydrogens (tertiary/aromatic N) is 2. The number of rotatable bonds is 3. The Morgan fingerprint density at radius 1 is 1.41 bits per heavy atom. The maximum Gasteiger partial charge on any atom is 0.269 e. The Balaban J connectivity index is 2.27. The van der Waals surface area contributed by atoms with E-state index < -0.39 is 0 Å². The summed E-state index contributed by atoms with van der Waals surface area (Å²) in [5.41, 5.74) is 1.64. The van der Waals surface area contributed by atoms with Crippen molar-refractivity contribution in [2.75, 3.05) is 12.4 Å². The van der Waals surface area contributed by atoms with Gasteiger partial charge in [-0.05, 0) is 17.7 Å².